The monoisotopic (exact) mass is 206 g/mol. The predicted octanol–water partition coefficient (Wildman–Crippen LogP) is 0.837. The number of halogens is 2. The maximum absolute atomic E-state index is 12.3. The Balaban J connectivity index is 2.39. The summed E-state index contributed by atoms with van der Waals surface area (Å²) in [7, 11) is 0. The Morgan fingerprint density at radius 2 is 1.93 bits per heavy atom. The number of primary amides is 1. The summed E-state index contributed by atoms with van der Waals surface area (Å²) in [5, 5.41) is 0. The summed E-state index contributed by atoms with van der Waals surface area (Å²) in [6.45, 7) is 2.79. The third-order valence-corrected chi connectivity index (χ3v) is 2.89. The molecule has 0 radical (unpaired) electrons. The Kier molecular flexibility index (Phi) is 3.80. The third kappa shape index (κ3) is 2.64. The van der Waals surface area contributed by atoms with E-state index in [-0.39, 0.29) is 11.9 Å². The van der Waals surface area contributed by atoms with Crippen molar-refractivity contribution >= 4 is 5.91 Å². The first-order valence-corrected chi connectivity index (χ1v) is 4.84. The lowest BCUT2D eigenvalue weighted by molar-refractivity contribution is -0.123. The number of hydrogen-bond donors (Lipinski definition) is 1. The van der Waals surface area contributed by atoms with Gasteiger partial charge in [-0.1, -0.05) is 0 Å². The summed E-state index contributed by atoms with van der Waals surface area (Å²) in [4.78, 5) is 12.7. The van der Waals surface area contributed by atoms with Crippen LogP contribution >= 0.6 is 0 Å². The molecule has 82 valence electrons. The van der Waals surface area contributed by atoms with Crippen molar-refractivity contribution in [2.24, 2.45) is 11.7 Å². The van der Waals surface area contributed by atoms with Crippen LogP contribution < -0.4 is 5.73 Å². The van der Waals surface area contributed by atoms with Gasteiger partial charge in [0.1, 0.15) is 0 Å². The van der Waals surface area contributed by atoms with Crippen LogP contribution in [0.4, 0.5) is 8.78 Å². The summed E-state index contributed by atoms with van der Waals surface area (Å²) in [5.41, 5.74) is 5.13. The fraction of sp³-hybridized carbons (Fsp3) is 0.889. The fourth-order valence-corrected chi connectivity index (χ4v) is 1.74. The van der Waals surface area contributed by atoms with Crippen molar-refractivity contribution in [1.82, 2.24) is 4.90 Å². The zero-order chi connectivity index (χ0) is 10.7. The van der Waals surface area contributed by atoms with Crippen LogP contribution in [-0.4, -0.2) is 36.4 Å². The fourth-order valence-electron chi connectivity index (χ4n) is 1.74. The SMILES string of the molecule is CC(C(N)=O)N1CCC(C(F)F)CC1. The zero-order valence-electron chi connectivity index (χ0n) is 8.25. The quantitative estimate of drug-likeness (QED) is 0.743. The third-order valence-electron chi connectivity index (χ3n) is 2.89. The van der Waals surface area contributed by atoms with Gasteiger partial charge in [0.05, 0.1) is 6.04 Å². The molecule has 3 nitrogen and oxygen atoms in total. The van der Waals surface area contributed by atoms with E-state index in [1.165, 1.54) is 0 Å². The van der Waals surface area contributed by atoms with Gasteiger partial charge in [-0.05, 0) is 32.9 Å². The molecule has 1 atom stereocenters. The van der Waals surface area contributed by atoms with E-state index in [0.717, 1.165) is 0 Å². The molecule has 1 amide bonds. The number of nitrogens with zero attached hydrogens (tertiary/aromatic N) is 1. The van der Waals surface area contributed by atoms with Crippen molar-refractivity contribution in [1.29, 1.82) is 0 Å². The normalized spacial score (nSPS) is 22.6. The molecule has 1 rings (SSSR count). The lowest BCUT2D eigenvalue weighted by atomic mass is 9.96. The average molecular weight is 206 g/mol. The van der Waals surface area contributed by atoms with Crippen molar-refractivity contribution in [3.05, 3.63) is 0 Å². The summed E-state index contributed by atoms with van der Waals surface area (Å²) in [5.74, 6) is -0.896. The van der Waals surface area contributed by atoms with Gasteiger partial charge in [-0.3, -0.25) is 9.69 Å². The molecule has 1 aliphatic rings. The van der Waals surface area contributed by atoms with E-state index >= 15 is 0 Å². The molecule has 1 fully saturated rings. The molecule has 1 saturated heterocycles. The van der Waals surface area contributed by atoms with Crippen LogP contribution in [0.15, 0.2) is 0 Å². The minimum absolute atomic E-state index is 0.339. The highest BCUT2D eigenvalue weighted by Crippen LogP contribution is 2.24. The maximum Gasteiger partial charge on any atom is 0.241 e. The molecular weight excluding hydrogens is 190 g/mol. The van der Waals surface area contributed by atoms with Gasteiger partial charge in [-0.2, -0.15) is 0 Å². The molecule has 0 spiro atoms. The van der Waals surface area contributed by atoms with Crippen molar-refractivity contribution < 1.29 is 13.6 Å². The lowest BCUT2D eigenvalue weighted by Crippen LogP contribution is -2.47. The Labute approximate surface area is 82.2 Å². The topological polar surface area (TPSA) is 46.3 Å². The number of nitrogens with two attached hydrogens (primary N) is 1. The first-order valence-electron chi connectivity index (χ1n) is 4.84. The summed E-state index contributed by atoms with van der Waals surface area (Å²) >= 11 is 0. The lowest BCUT2D eigenvalue weighted by Gasteiger charge is -2.34. The van der Waals surface area contributed by atoms with Crippen molar-refractivity contribution in [2.45, 2.75) is 32.2 Å². The van der Waals surface area contributed by atoms with Crippen LogP contribution in [0.5, 0.6) is 0 Å². The molecule has 0 bridgehead atoms. The Hall–Kier alpha value is -0.710. The predicted molar refractivity (Wildman–Crippen MR) is 49.0 cm³/mol. The molecular formula is C9H16F2N2O. The van der Waals surface area contributed by atoms with Crippen molar-refractivity contribution in [3.63, 3.8) is 0 Å². The Morgan fingerprint density at radius 1 is 1.43 bits per heavy atom. The van der Waals surface area contributed by atoms with Gasteiger partial charge in [0, 0.05) is 5.92 Å². The standard InChI is InChI=1S/C9H16F2N2O/c1-6(9(12)14)13-4-2-7(3-5-13)8(10)11/h6-8H,2-5H2,1H3,(H2,12,14). The smallest absolute Gasteiger partial charge is 0.241 e. The summed E-state index contributed by atoms with van der Waals surface area (Å²) in [6.07, 6.45) is -1.33. The van der Waals surface area contributed by atoms with Crippen molar-refractivity contribution in [2.75, 3.05) is 13.1 Å². The van der Waals surface area contributed by atoms with E-state index in [9.17, 15) is 13.6 Å². The molecule has 1 heterocycles. The highest BCUT2D eigenvalue weighted by molar-refractivity contribution is 5.79. The summed E-state index contributed by atoms with van der Waals surface area (Å²) in [6, 6.07) is -0.339. The largest absolute Gasteiger partial charge is 0.368 e. The molecule has 0 aromatic carbocycles. The maximum atomic E-state index is 12.3. The van der Waals surface area contributed by atoms with Crippen LogP contribution in [0.3, 0.4) is 0 Å². The molecule has 1 aliphatic heterocycles. The number of carbonyl (C=O) groups is 1. The number of rotatable bonds is 3. The summed E-state index contributed by atoms with van der Waals surface area (Å²) < 4.78 is 24.6. The molecule has 0 saturated carbocycles. The van der Waals surface area contributed by atoms with E-state index in [0.29, 0.717) is 25.9 Å². The first-order chi connectivity index (χ1) is 6.52. The van der Waals surface area contributed by atoms with Gasteiger partial charge < -0.3 is 5.73 Å². The van der Waals surface area contributed by atoms with Crippen LogP contribution in [0, 0.1) is 5.92 Å². The van der Waals surface area contributed by atoms with Crippen LogP contribution in [0.2, 0.25) is 0 Å². The van der Waals surface area contributed by atoms with Gasteiger partial charge >= 0.3 is 0 Å². The number of alkyl halides is 2. The number of hydrogen-bond acceptors (Lipinski definition) is 2. The zero-order valence-corrected chi connectivity index (χ0v) is 8.25. The highest BCUT2D eigenvalue weighted by Gasteiger charge is 2.29. The number of carbonyl (C=O) groups excluding carboxylic acids is 1. The van der Waals surface area contributed by atoms with Gasteiger partial charge in [-0.15, -0.1) is 0 Å². The Morgan fingerprint density at radius 3 is 2.29 bits per heavy atom. The van der Waals surface area contributed by atoms with Gasteiger partial charge in [0.2, 0.25) is 12.3 Å². The van der Waals surface area contributed by atoms with Gasteiger partial charge in [-0.25, -0.2) is 8.78 Å². The Bertz CT molecular complexity index is 203. The van der Waals surface area contributed by atoms with E-state index in [1.807, 2.05) is 4.90 Å². The van der Waals surface area contributed by atoms with Gasteiger partial charge in [0.25, 0.3) is 0 Å². The molecule has 0 aromatic heterocycles. The van der Waals surface area contributed by atoms with E-state index in [1.54, 1.807) is 6.92 Å². The van der Waals surface area contributed by atoms with Crippen molar-refractivity contribution in [3.8, 4) is 0 Å². The molecule has 5 heteroatoms. The van der Waals surface area contributed by atoms with Crippen LogP contribution in [0.1, 0.15) is 19.8 Å². The average Bonchev–Trinajstić information content (AvgIpc) is 2.16. The minimum Gasteiger partial charge on any atom is -0.368 e. The van der Waals surface area contributed by atoms with E-state index < -0.39 is 12.3 Å². The van der Waals surface area contributed by atoms with E-state index in [2.05, 4.69) is 0 Å². The molecule has 1 unspecified atom stereocenters. The molecule has 14 heavy (non-hydrogen) atoms. The molecule has 0 aliphatic carbocycles. The number of likely N-dealkylation sites (tertiary alicyclic amines) is 1. The van der Waals surface area contributed by atoms with E-state index in [4.69, 9.17) is 5.73 Å². The molecule has 0 aromatic rings. The highest BCUT2D eigenvalue weighted by atomic mass is 19.3. The second kappa shape index (κ2) is 4.68. The minimum atomic E-state index is -2.24. The second-order valence-corrected chi connectivity index (χ2v) is 3.79. The molecule has 2 N–H and O–H groups in total. The first kappa shape index (κ1) is 11.4. The number of amides is 1. The number of piperidine rings is 1. The van der Waals surface area contributed by atoms with Crippen LogP contribution in [-0.2, 0) is 4.79 Å². The van der Waals surface area contributed by atoms with Crippen LogP contribution in [0.25, 0.3) is 0 Å². The van der Waals surface area contributed by atoms with Gasteiger partial charge in [0.15, 0.2) is 0 Å². The second-order valence-electron chi connectivity index (χ2n) is 3.79.